The Labute approximate surface area is 160 Å². The van der Waals surface area contributed by atoms with Crippen LogP contribution in [0, 0.1) is 0 Å². The van der Waals surface area contributed by atoms with Gasteiger partial charge in [-0.2, -0.15) is 0 Å². The predicted octanol–water partition coefficient (Wildman–Crippen LogP) is 3.37. The normalized spacial score (nSPS) is 16.5. The number of hydrogen-bond donors (Lipinski definition) is 2. The number of hydrogen-bond acceptors (Lipinski definition) is 3. The van der Waals surface area contributed by atoms with E-state index in [1.807, 2.05) is 47.9 Å². The van der Waals surface area contributed by atoms with Crippen molar-refractivity contribution in [3.8, 4) is 0 Å². The Balaban J connectivity index is 1.89. The van der Waals surface area contributed by atoms with E-state index in [4.69, 9.17) is 16.7 Å². The number of rotatable bonds is 7. The molecule has 0 aliphatic carbocycles. The maximum absolute atomic E-state index is 12.6. The van der Waals surface area contributed by atoms with Crippen LogP contribution >= 0.6 is 11.6 Å². The van der Waals surface area contributed by atoms with Crippen LogP contribution in [0.4, 0.5) is 4.79 Å². The Kier molecular flexibility index (Phi) is 7.72. The van der Waals surface area contributed by atoms with Gasteiger partial charge in [-0.05, 0) is 43.5 Å². The van der Waals surface area contributed by atoms with Gasteiger partial charge in [0.2, 0.25) is 0 Å². The van der Waals surface area contributed by atoms with Crippen molar-refractivity contribution in [2.24, 2.45) is 0 Å². The zero-order valence-corrected chi connectivity index (χ0v) is 16.2. The summed E-state index contributed by atoms with van der Waals surface area (Å²) >= 11 is 5.93. The third-order valence-corrected chi connectivity index (χ3v) is 5.24. The molecule has 26 heavy (non-hydrogen) atoms. The number of urea groups is 1. The fraction of sp³-hybridized carbons (Fsp3) is 0.579. The topological polar surface area (TPSA) is 72.9 Å². The Morgan fingerprint density at radius 1 is 1.27 bits per heavy atom. The van der Waals surface area contributed by atoms with Crippen LogP contribution in [0.25, 0.3) is 0 Å². The first-order valence-corrected chi connectivity index (χ1v) is 9.59. The molecular weight excluding hydrogens is 354 g/mol. The highest BCUT2D eigenvalue weighted by atomic mass is 35.5. The van der Waals surface area contributed by atoms with Crippen LogP contribution < -0.4 is 5.32 Å². The number of piperidine rings is 1. The number of carboxylic acid groups (broad SMARTS) is 1. The minimum absolute atomic E-state index is 0.0448. The largest absolute Gasteiger partial charge is 0.480 e. The van der Waals surface area contributed by atoms with Crippen LogP contribution in [0.2, 0.25) is 5.02 Å². The molecule has 1 aromatic carbocycles. The summed E-state index contributed by atoms with van der Waals surface area (Å²) in [6, 6.07) is 7.65. The lowest BCUT2D eigenvalue weighted by atomic mass is 10.0. The van der Waals surface area contributed by atoms with E-state index >= 15 is 0 Å². The summed E-state index contributed by atoms with van der Waals surface area (Å²) in [5.74, 6) is -0.805. The van der Waals surface area contributed by atoms with Crippen molar-refractivity contribution < 1.29 is 14.7 Å². The number of amides is 2. The van der Waals surface area contributed by atoms with E-state index in [1.165, 1.54) is 0 Å². The number of aliphatic carboxylic acids is 1. The lowest BCUT2D eigenvalue weighted by molar-refractivity contribution is -0.139. The summed E-state index contributed by atoms with van der Waals surface area (Å²) in [6.45, 7) is 6.06. The first kappa shape index (κ1) is 20.5. The molecule has 0 aromatic heterocycles. The van der Waals surface area contributed by atoms with Crippen molar-refractivity contribution >= 4 is 23.6 Å². The van der Waals surface area contributed by atoms with Gasteiger partial charge in [0, 0.05) is 24.2 Å². The van der Waals surface area contributed by atoms with Gasteiger partial charge in [0.05, 0.1) is 12.6 Å². The van der Waals surface area contributed by atoms with Gasteiger partial charge in [-0.15, -0.1) is 0 Å². The minimum atomic E-state index is -0.805. The Morgan fingerprint density at radius 2 is 1.88 bits per heavy atom. The van der Waals surface area contributed by atoms with Crippen molar-refractivity contribution in [1.29, 1.82) is 0 Å². The highest BCUT2D eigenvalue weighted by Gasteiger charge is 2.28. The molecule has 0 saturated carbocycles. The van der Waals surface area contributed by atoms with E-state index < -0.39 is 5.97 Å². The number of nitrogens with one attached hydrogen (secondary N) is 1. The molecule has 1 atom stereocenters. The van der Waals surface area contributed by atoms with Gasteiger partial charge >= 0.3 is 12.0 Å². The second kappa shape index (κ2) is 9.78. The molecule has 0 bridgehead atoms. The summed E-state index contributed by atoms with van der Waals surface area (Å²) in [5, 5.41) is 12.8. The van der Waals surface area contributed by atoms with Gasteiger partial charge in [-0.1, -0.05) is 37.6 Å². The first-order chi connectivity index (χ1) is 12.4. The van der Waals surface area contributed by atoms with E-state index in [0.29, 0.717) is 24.7 Å². The number of halogens is 1. The molecule has 2 rings (SSSR count). The smallest absolute Gasteiger partial charge is 0.317 e. The molecule has 7 heteroatoms. The first-order valence-electron chi connectivity index (χ1n) is 9.21. The SMILES string of the molecule is CCC(NC(=O)N1CCC(N(CC)CC(=O)O)CC1)c1ccc(Cl)cc1. The molecule has 1 aromatic rings. The zero-order chi connectivity index (χ0) is 19.1. The van der Waals surface area contributed by atoms with E-state index in [-0.39, 0.29) is 24.7 Å². The number of carbonyl (C=O) groups excluding carboxylic acids is 1. The average Bonchev–Trinajstić information content (AvgIpc) is 2.64. The van der Waals surface area contributed by atoms with Crippen LogP contribution in [-0.4, -0.2) is 59.1 Å². The highest BCUT2D eigenvalue weighted by Crippen LogP contribution is 2.21. The Bertz CT molecular complexity index is 601. The maximum atomic E-state index is 12.6. The van der Waals surface area contributed by atoms with E-state index in [0.717, 1.165) is 24.8 Å². The minimum Gasteiger partial charge on any atom is -0.480 e. The fourth-order valence-corrected chi connectivity index (χ4v) is 3.59. The van der Waals surface area contributed by atoms with Crippen LogP contribution in [0.15, 0.2) is 24.3 Å². The third kappa shape index (κ3) is 5.61. The standard InChI is InChI=1S/C19H28ClN3O3/c1-3-17(14-5-7-15(20)8-6-14)21-19(26)23-11-9-16(10-12-23)22(4-2)13-18(24)25/h5-8,16-17H,3-4,9-13H2,1-2H3,(H,21,26)(H,24,25). The number of nitrogens with zero attached hydrogens (tertiary/aromatic N) is 2. The quantitative estimate of drug-likeness (QED) is 0.759. The molecule has 0 radical (unpaired) electrons. The molecule has 2 N–H and O–H groups in total. The van der Waals surface area contributed by atoms with Gasteiger partial charge < -0.3 is 15.3 Å². The summed E-state index contributed by atoms with van der Waals surface area (Å²) in [5.41, 5.74) is 1.04. The lowest BCUT2D eigenvalue weighted by Gasteiger charge is -2.38. The number of likely N-dealkylation sites (tertiary alicyclic amines) is 1. The van der Waals surface area contributed by atoms with E-state index in [2.05, 4.69) is 5.32 Å². The molecule has 1 aliphatic heterocycles. The van der Waals surface area contributed by atoms with Gasteiger partial charge in [0.15, 0.2) is 0 Å². The summed E-state index contributed by atoms with van der Waals surface area (Å²) in [7, 11) is 0. The Morgan fingerprint density at radius 3 is 2.38 bits per heavy atom. The molecule has 1 heterocycles. The van der Waals surface area contributed by atoms with Gasteiger partial charge in [0.1, 0.15) is 0 Å². The van der Waals surface area contributed by atoms with Crippen LogP contribution in [0.5, 0.6) is 0 Å². The molecule has 1 unspecified atom stereocenters. The molecule has 2 amide bonds. The second-order valence-corrected chi connectivity index (χ2v) is 7.07. The number of carbonyl (C=O) groups is 2. The van der Waals surface area contributed by atoms with Crippen molar-refractivity contribution in [3.63, 3.8) is 0 Å². The highest BCUT2D eigenvalue weighted by molar-refractivity contribution is 6.30. The third-order valence-electron chi connectivity index (χ3n) is 4.99. The summed E-state index contributed by atoms with van der Waals surface area (Å²) in [6.07, 6.45) is 2.39. The summed E-state index contributed by atoms with van der Waals surface area (Å²) < 4.78 is 0. The lowest BCUT2D eigenvalue weighted by Crippen LogP contribution is -2.50. The Hall–Kier alpha value is -1.79. The van der Waals surface area contributed by atoms with Crippen LogP contribution in [0.3, 0.4) is 0 Å². The second-order valence-electron chi connectivity index (χ2n) is 6.64. The van der Waals surface area contributed by atoms with Crippen molar-refractivity contribution in [2.75, 3.05) is 26.2 Å². The maximum Gasteiger partial charge on any atom is 0.317 e. The van der Waals surface area contributed by atoms with Gasteiger partial charge in [0.25, 0.3) is 0 Å². The molecular formula is C19H28ClN3O3. The molecule has 1 saturated heterocycles. The monoisotopic (exact) mass is 381 g/mol. The summed E-state index contributed by atoms with van der Waals surface area (Å²) in [4.78, 5) is 27.4. The average molecular weight is 382 g/mol. The van der Waals surface area contributed by atoms with Crippen molar-refractivity contribution in [3.05, 3.63) is 34.9 Å². The van der Waals surface area contributed by atoms with Crippen molar-refractivity contribution in [2.45, 2.75) is 45.2 Å². The molecule has 6 nitrogen and oxygen atoms in total. The fourth-order valence-electron chi connectivity index (χ4n) is 3.46. The van der Waals surface area contributed by atoms with E-state index in [1.54, 1.807) is 0 Å². The van der Waals surface area contributed by atoms with E-state index in [9.17, 15) is 9.59 Å². The number of carboxylic acids is 1. The molecule has 0 spiro atoms. The van der Waals surface area contributed by atoms with Crippen molar-refractivity contribution in [1.82, 2.24) is 15.1 Å². The van der Waals surface area contributed by atoms with Gasteiger partial charge in [-0.25, -0.2) is 4.79 Å². The predicted molar refractivity (Wildman–Crippen MR) is 102 cm³/mol. The van der Waals surface area contributed by atoms with Gasteiger partial charge in [-0.3, -0.25) is 9.69 Å². The zero-order valence-electron chi connectivity index (χ0n) is 15.4. The van der Waals surface area contributed by atoms with Crippen LogP contribution in [0.1, 0.15) is 44.7 Å². The molecule has 1 aliphatic rings. The number of likely N-dealkylation sites (N-methyl/N-ethyl adjacent to an activating group) is 1. The number of benzene rings is 1. The molecule has 144 valence electrons. The van der Waals surface area contributed by atoms with Crippen LogP contribution in [-0.2, 0) is 4.79 Å². The molecule has 1 fully saturated rings.